The number of ether oxygens (including phenoxy) is 1. The van der Waals surface area contributed by atoms with Gasteiger partial charge in [0.2, 0.25) is 0 Å². The third-order valence-corrected chi connectivity index (χ3v) is 3.45. The molecule has 1 heterocycles. The maximum Gasteiger partial charge on any atom is 0.407 e. The molecule has 1 aromatic carbocycles. The molecule has 1 amide bonds. The monoisotopic (exact) mass is 319 g/mol. The molecular weight excluding hydrogens is 298 g/mol. The number of hydrogen-bond acceptors (Lipinski definition) is 5. The van der Waals surface area contributed by atoms with E-state index in [1.165, 1.54) is 4.68 Å². The number of hydrogen-bond donors (Lipinski definition) is 3. The van der Waals surface area contributed by atoms with E-state index in [0.29, 0.717) is 5.69 Å². The molecule has 0 aliphatic rings. The highest BCUT2D eigenvalue weighted by molar-refractivity contribution is 5.67. The highest BCUT2D eigenvalue weighted by Gasteiger charge is 2.21. The topological polar surface area (TPSA) is 96.6 Å². The summed E-state index contributed by atoms with van der Waals surface area (Å²) in [5.41, 5.74) is 1.42. The summed E-state index contributed by atoms with van der Waals surface area (Å²) in [5.74, 6) is 0. The molecule has 0 saturated carbocycles. The maximum atomic E-state index is 11.6. The minimum atomic E-state index is -1.05. The summed E-state index contributed by atoms with van der Waals surface area (Å²) in [4.78, 5) is 11.6. The molecule has 2 aromatic rings. The van der Waals surface area contributed by atoms with Gasteiger partial charge in [-0.05, 0) is 18.1 Å². The van der Waals surface area contributed by atoms with E-state index in [1.807, 2.05) is 30.3 Å². The van der Waals surface area contributed by atoms with E-state index in [2.05, 4.69) is 10.4 Å². The Kier molecular flexibility index (Phi) is 6.13. The van der Waals surface area contributed by atoms with Crippen molar-refractivity contribution in [2.75, 3.05) is 6.54 Å². The molecule has 1 aromatic heterocycles. The second-order valence-corrected chi connectivity index (χ2v) is 5.17. The zero-order valence-electron chi connectivity index (χ0n) is 12.9. The van der Waals surface area contributed by atoms with Crippen molar-refractivity contribution in [1.29, 1.82) is 0 Å². The summed E-state index contributed by atoms with van der Waals surface area (Å²) in [6.45, 7) is 0.385. The fraction of sp³-hybridized carbons (Fsp3) is 0.375. The Morgan fingerprint density at radius 2 is 2.04 bits per heavy atom. The quantitative estimate of drug-likeness (QED) is 0.711. The van der Waals surface area contributed by atoms with Gasteiger partial charge in [0.1, 0.15) is 12.7 Å². The van der Waals surface area contributed by atoms with Crippen molar-refractivity contribution in [3.05, 3.63) is 53.9 Å². The Hall–Kier alpha value is -2.38. The van der Waals surface area contributed by atoms with Crippen molar-refractivity contribution in [3.63, 3.8) is 0 Å². The van der Waals surface area contributed by atoms with Gasteiger partial charge in [-0.1, -0.05) is 30.3 Å². The first-order valence-corrected chi connectivity index (χ1v) is 7.36. The van der Waals surface area contributed by atoms with Gasteiger partial charge in [-0.2, -0.15) is 5.10 Å². The summed E-state index contributed by atoms with van der Waals surface area (Å²) in [7, 11) is 1.68. The minimum Gasteiger partial charge on any atom is -0.445 e. The van der Waals surface area contributed by atoms with Crippen LogP contribution in [0.2, 0.25) is 0 Å². The Bertz CT molecular complexity index is 615. The van der Waals surface area contributed by atoms with E-state index in [9.17, 15) is 15.0 Å². The number of aliphatic hydroxyl groups excluding tert-OH is 2. The molecule has 0 fully saturated rings. The van der Waals surface area contributed by atoms with Gasteiger partial charge in [-0.3, -0.25) is 4.68 Å². The summed E-state index contributed by atoms with van der Waals surface area (Å²) >= 11 is 0. The van der Waals surface area contributed by atoms with Crippen LogP contribution in [0.4, 0.5) is 4.79 Å². The number of benzene rings is 1. The SMILES string of the molecule is Cn1nccc1C(O)C(O)CCNC(=O)OCc1ccccc1. The molecule has 23 heavy (non-hydrogen) atoms. The maximum absolute atomic E-state index is 11.6. The number of rotatable bonds is 7. The van der Waals surface area contributed by atoms with E-state index < -0.39 is 18.3 Å². The summed E-state index contributed by atoms with van der Waals surface area (Å²) in [6, 6.07) is 11.0. The van der Waals surface area contributed by atoms with Crippen LogP contribution in [0.3, 0.4) is 0 Å². The average Bonchev–Trinajstić information content (AvgIpc) is 2.99. The number of nitrogens with one attached hydrogen (secondary N) is 1. The molecule has 7 nitrogen and oxygen atoms in total. The number of amides is 1. The normalized spacial score (nSPS) is 13.3. The van der Waals surface area contributed by atoms with Crippen LogP contribution in [-0.4, -0.2) is 38.7 Å². The zero-order chi connectivity index (χ0) is 16.7. The van der Waals surface area contributed by atoms with Crippen molar-refractivity contribution >= 4 is 6.09 Å². The Balaban J connectivity index is 1.68. The van der Waals surface area contributed by atoms with Gasteiger partial charge in [-0.15, -0.1) is 0 Å². The molecule has 0 bridgehead atoms. The lowest BCUT2D eigenvalue weighted by atomic mass is 10.1. The molecule has 0 aliphatic carbocycles. The summed E-state index contributed by atoms with van der Waals surface area (Å²) < 4.78 is 6.55. The first kappa shape index (κ1) is 17.0. The van der Waals surface area contributed by atoms with E-state index >= 15 is 0 Å². The van der Waals surface area contributed by atoms with Crippen LogP contribution in [0.15, 0.2) is 42.6 Å². The molecule has 124 valence electrons. The molecule has 7 heteroatoms. The summed E-state index contributed by atoms with van der Waals surface area (Å²) in [5, 5.41) is 26.5. The number of nitrogens with zero attached hydrogens (tertiary/aromatic N) is 2. The lowest BCUT2D eigenvalue weighted by Crippen LogP contribution is -2.30. The van der Waals surface area contributed by atoms with Gasteiger partial charge in [-0.25, -0.2) is 4.79 Å². The molecular formula is C16H21N3O4. The summed E-state index contributed by atoms with van der Waals surface area (Å²) in [6.07, 6.45) is -0.863. The van der Waals surface area contributed by atoms with Crippen molar-refractivity contribution in [3.8, 4) is 0 Å². The molecule has 0 aliphatic heterocycles. The number of aryl methyl sites for hydroxylation is 1. The Morgan fingerprint density at radius 3 is 2.70 bits per heavy atom. The van der Waals surface area contributed by atoms with Crippen molar-refractivity contribution in [2.24, 2.45) is 7.05 Å². The van der Waals surface area contributed by atoms with E-state index in [-0.39, 0.29) is 19.6 Å². The molecule has 0 saturated heterocycles. The van der Waals surface area contributed by atoms with Crippen molar-refractivity contribution in [1.82, 2.24) is 15.1 Å². The number of carbonyl (C=O) groups excluding carboxylic acids is 1. The third kappa shape index (κ3) is 5.08. The van der Waals surface area contributed by atoms with Crippen LogP contribution in [0, 0.1) is 0 Å². The molecule has 0 spiro atoms. The van der Waals surface area contributed by atoms with Crippen LogP contribution < -0.4 is 5.32 Å². The highest BCUT2D eigenvalue weighted by Crippen LogP contribution is 2.17. The number of aromatic nitrogens is 2. The van der Waals surface area contributed by atoms with Gasteiger partial charge in [0.15, 0.2) is 0 Å². The smallest absolute Gasteiger partial charge is 0.407 e. The highest BCUT2D eigenvalue weighted by atomic mass is 16.5. The Morgan fingerprint density at radius 1 is 1.30 bits per heavy atom. The van der Waals surface area contributed by atoms with E-state index in [1.54, 1.807) is 19.3 Å². The van der Waals surface area contributed by atoms with Crippen molar-refractivity contribution in [2.45, 2.75) is 25.2 Å². The lowest BCUT2D eigenvalue weighted by Gasteiger charge is -2.18. The number of alkyl carbamates (subject to hydrolysis) is 1. The van der Waals surface area contributed by atoms with Gasteiger partial charge >= 0.3 is 6.09 Å². The fourth-order valence-corrected chi connectivity index (χ4v) is 2.13. The van der Waals surface area contributed by atoms with E-state index in [4.69, 9.17) is 4.74 Å². The van der Waals surface area contributed by atoms with Crippen LogP contribution >= 0.6 is 0 Å². The van der Waals surface area contributed by atoms with Gasteiger partial charge in [0.25, 0.3) is 0 Å². The van der Waals surface area contributed by atoms with Crippen molar-refractivity contribution < 1.29 is 19.7 Å². The average molecular weight is 319 g/mol. The van der Waals surface area contributed by atoms with Crippen LogP contribution in [0.5, 0.6) is 0 Å². The molecule has 2 unspecified atom stereocenters. The van der Waals surface area contributed by atoms with Gasteiger partial charge < -0.3 is 20.3 Å². The molecule has 2 rings (SSSR count). The number of carbonyl (C=O) groups is 1. The molecule has 3 N–H and O–H groups in total. The molecule has 0 radical (unpaired) electrons. The van der Waals surface area contributed by atoms with Crippen LogP contribution in [-0.2, 0) is 18.4 Å². The predicted molar refractivity (Wildman–Crippen MR) is 83.4 cm³/mol. The zero-order valence-corrected chi connectivity index (χ0v) is 12.9. The van der Waals surface area contributed by atoms with Gasteiger partial charge in [0.05, 0.1) is 11.8 Å². The third-order valence-electron chi connectivity index (χ3n) is 3.45. The van der Waals surface area contributed by atoms with Gasteiger partial charge in [0, 0.05) is 19.8 Å². The molecule has 2 atom stereocenters. The first-order chi connectivity index (χ1) is 11.1. The largest absolute Gasteiger partial charge is 0.445 e. The van der Waals surface area contributed by atoms with E-state index in [0.717, 1.165) is 5.56 Å². The second-order valence-electron chi connectivity index (χ2n) is 5.17. The second kappa shape index (κ2) is 8.30. The standard InChI is InChI=1S/C16H21N3O4/c1-19-13(7-10-18-19)15(21)14(20)8-9-17-16(22)23-11-12-5-3-2-4-6-12/h2-7,10,14-15,20-21H,8-9,11H2,1H3,(H,17,22). The van der Waals surface area contributed by atoms with Crippen LogP contribution in [0.1, 0.15) is 23.8 Å². The van der Waals surface area contributed by atoms with Crippen LogP contribution in [0.25, 0.3) is 0 Å². The number of aliphatic hydroxyl groups is 2. The predicted octanol–water partition coefficient (Wildman–Crippen LogP) is 1.13. The first-order valence-electron chi connectivity index (χ1n) is 7.36. The minimum absolute atomic E-state index is 0.187. The Labute approximate surface area is 134 Å². The lowest BCUT2D eigenvalue weighted by molar-refractivity contribution is 0.00899. The fourth-order valence-electron chi connectivity index (χ4n) is 2.13.